The van der Waals surface area contributed by atoms with E-state index in [0.717, 1.165) is 16.8 Å². The van der Waals surface area contributed by atoms with E-state index in [1.165, 1.54) is 0 Å². The molecule has 7 heteroatoms. The number of carboxylic acid groups (broad SMARTS) is 1. The van der Waals surface area contributed by atoms with Crippen LogP contribution in [-0.4, -0.2) is 47.9 Å². The first-order chi connectivity index (χ1) is 13.5. The van der Waals surface area contributed by atoms with Gasteiger partial charge < -0.3 is 15.3 Å². The van der Waals surface area contributed by atoms with Crippen LogP contribution in [0.4, 0.5) is 5.69 Å². The molecule has 0 saturated carbocycles. The predicted molar refractivity (Wildman–Crippen MR) is 114 cm³/mol. The second-order valence-corrected chi connectivity index (χ2v) is 7.11. The number of nitrogens with one attached hydrogen (secondary N) is 1. The molecule has 0 aliphatic rings. The van der Waals surface area contributed by atoms with Crippen molar-refractivity contribution in [2.45, 2.75) is 18.9 Å². The third-order valence-corrected chi connectivity index (χ3v) is 4.63. The van der Waals surface area contributed by atoms with Crippen molar-refractivity contribution < 1.29 is 14.7 Å². The van der Waals surface area contributed by atoms with Gasteiger partial charge in [-0.05, 0) is 23.3 Å². The number of carbonyl (C=O) groups excluding carboxylic acids is 1. The number of carboxylic acids is 1. The maximum atomic E-state index is 12.3. The van der Waals surface area contributed by atoms with Crippen molar-refractivity contribution in [3.05, 3.63) is 65.7 Å². The summed E-state index contributed by atoms with van der Waals surface area (Å²) in [6, 6.07) is 15.8. The number of aliphatic carboxylic acids is 1. The molecule has 0 heterocycles. The van der Waals surface area contributed by atoms with Crippen LogP contribution in [0.5, 0.6) is 0 Å². The highest BCUT2D eigenvalue weighted by atomic mass is 35.5. The molecule has 0 aromatic heterocycles. The van der Waals surface area contributed by atoms with Gasteiger partial charge in [-0.1, -0.05) is 42.5 Å². The quantitative estimate of drug-likeness (QED) is 0.544. The normalized spacial score (nSPS) is 11.6. The standard InChI is InChI=1S/C21H24Cl2N2O3/c22-10-12-25(13-11-23)18-8-6-17(7-9-18)15-20(26)24-19(21(27)28)14-16-4-2-1-3-5-16/h1-9,19H,10-15H2,(H,24,26)(H,27,28)/t19-/m0/s1. The molecule has 0 bridgehead atoms. The fraction of sp³-hybridized carbons (Fsp3) is 0.333. The van der Waals surface area contributed by atoms with Crippen LogP contribution in [0, 0.1) is 0 Å². The molecule has 2 aromatic rings. The highest BCUT2D eigenvalue weighted by Gasteiger charge is 2.20. The minimum absolute atomic E-state index is 0.115. The number of halogens is 2. The van der Waals surface area contributed by atoms with Crippen LogP contribution in [0.1, 0.15) is 11.1 Å². The van der Waals surface area contributed by atoms with E-state index >= 15 is 0 Å². The number of amides is 1. The topological polar surface area (TPSA) is 69.6 Å². The molecule has 0 aliphatic heterocycles. The second-order valence-electron chi connectivity index (χ2n) is 6.36. The van der Waals surface area contributed by atoms with Gasteiger partial charge in [0.1, 0.15) is 6.04 Å². The lowest BCUT2D eigenvalue weighted by molar-refractivity contribution is -0.141. The summed E-state index contributed by atoms with van der Waals surface area (Å²) in [7, 11) is 0. The Morgan fingerprint density at radius 1 is 0.929 bits per heavy atom. The van der Waals surface area contributed by atoms with Gasteiger partial charge in [-0.2, -0.15) is 0 Å². The molecule has 0 aliphatic carbocycles. The van der Waals surface area contributed by atoms with E-state index < -0.39 is 12.0 Å². The Morgan fingerprint density at radius 3 is 2.07 bits per heavy atom. The summed E-state index contributed by atoms with van der Waals surface area (Å²) in [5, 5.41) is 12.0. The maximum absolute atomic E-state index is 12.3. The zero-order chi connectivity index (χ0) is 20.4. The average molecular weight is 423 g/mol. The van der Waals surface area contributed by atoms with Crippen LogP contribution in [0.25, 0.3) is 0 Å². The minimum Gasteiger partial charge on any atom is -0.480 e. The summed E-state index contributed by atoms with van der Waals surface area (Å²) in [5.41, 5.74) is 2.65. The first-order valence-electron chi connectivity index (χ1n) is 9.05. The Morgan fingerprint density at radius 2 is 1.54 bits per heavy atom. The summed E-state index contributed by atoms with van der Waals surface area (Å²) in [4.78, 5) is 25.9. The Labute approximate surface area is 175 Å². The van der Waals surface area contributed by atoms with E-state index in [4.69, 9.17) is 23.2 Å². The molecule has 0 saturated heterocycles. The zero-order valence-electron chi connectivity index (χ0n) is 15.5. The van der Waals surface area contributed by atoms with Gasteiger partial charge in [0, 0.05) is 37.0 Å². The lowest BCUT2D eigenvalue weighted by Crippen LogP contribution is -2.43. The van der Waals surface area contributed by atoms with E-state index in [-0.39, 0.29) is 18.7 Å². The van der Waals surface area contributed by atoms with Gasteiger partial charge in [0.2, 0.25) is 5.91 Å². The molecule has 1 amide bonds. The predicted octanol–water partition coefficient (Wildman–Crippen LogP) is 3.33. The molecule has 0 fully saturated rings. The number of alkyl halides is 2. The van der Waals surface area contributed by atoms with Crippen LogP contribution < -0.4 is 10.2 Å². The van der Waals surface area contributed by atoms with Crippen LogP contribution in [-0.2, 0) is 22.4 Å². The van der Waals surface area contributed by atoms with Gasteiger partial charge in [0.25, 0.3) is 0 Å². The molecule has 2 rings (SSSR count). The number of anilines is 1. The highest BCUT2D eigenvalue weighted by Crippen LogP contribution is 2.16. The lowest BCUT2D eigenvalue weighted by atomic mass is 10.1. The van der Waals surface area contributed by atoms with E-state index in [1.807, 2.05) is 54.6 Å². The van der Waals surface area contributed by atoms with Crippen molar-refractivity contribution >= 4 is 40.8 Å². The van der Waals surface area contributed by atoms with E-state index in [1.54, 1.807) is 0 Å². The Hall–Kier alpha value is -2.24. The van der Waals surface area contributed by atoms with Crippen molar-refractivity contribution in [2.75, 3.05) is 29.7 Å². The summed E-state index contributed by atoms with van der Waals surface area (Å²) in [6.07, 6.45) is 0.358. The number of nitrogens with zero attached hydrogens (tertiary/aromatic N) is 1. The molecule has 0 spiro atoms. The molecule has 28 heavy (non-hydrogen) atoms. The number of hydrogen-bond acceptors (Lipinski definition) is 3. The summed E-state index contributed by atoms with van der Waals surface area (Å²) < 4.78 is 0. The smallest absolute Gasteiger partial charge is 0.326 e. The lowest BCUT2D eigenvalue weighted by Gasteiger charge is -2.23. The van der Waals surface area contributed by atoms with Crippen molar-refractivity contribution in [1.29, 1.82) is 0 Å². The molecular formula is C21H24Cl2N2O3. The molecule has 2 N–H and O–H groups in total. The molecule has 5 nitrogen and oxygen atoms in total. The zero-order valence-corrected chi connectivity index (χ0v) is 17.0. The van der Waals surface area contributed by atoms with Gasteiger partial charge in [0.05, 0.1) is 6.42 Å². The van der Waals surface area contributed by atoms with E-state index in [9.17, 15) is 14.7 Å². The van der Waals surface area contributed by atoms with Crippen molar-refractivity contribution in [3.63, 3.8) is 0 Å². The van der Waals surface area contributed by atoms with Crippen molar-refractivity contribution in [1.82, 2.24) is 5.32 Å². The summed E-state index contributed by atoms with van der Waals surface area (Å²) in [6.45, 7) is 1.38. The van der Waals surface area contributed by atoms with Crippen molar-refractivity contribution in [3.8, 4) is 0 Å². The average Bonchev–Trinajstić information content (AvgIpc) is 2.68. The SMILES string of the molecule is O=C(Cc1ccc(N(CCCl)CCCl)cc1)N[C@@H](Cc1ccccc1)C(=O)O. The Kier molecular flexibility index (Phi) is 9.11. The number of rotatable bonds is 11. The van der Waals surface area contributed by atoms with E-state index in [2.05, 4.69) is 10.2 Å². The molecule has 150 valence electrons. The van der Waals surface area contributed by atoms with Crippen LogP contribution >= 0.6 is 23.2 Å². The second kappa shape index (κ2) is 11.6. The van der Waals surface area contributed by atoms with Gasteiger partial charge in [-0.3, -0.25) is 4.79 Å². The van der Waals surface area contributed by atoms with Crippen LogP contribution in [0.2, 0.25) is 0 Å². The molecule has 1 atom stereocenters. The van der Waals surface area contributed by atoms with Gasteiger partial charge in [0.15, 0.2) is 0 Å². The largest absolute Gasteiger partial charge is 0.480 e. The molecule has 2 aromatic carbocycles. The Balaban J connectivity index is 1.96. The first kappa shape index (κ1) is 22.1. The summed E-state index contributed by atoms with van der Waals surface area (Å²) in [5.74, 6) is -0.377. The minimum atomic E-state index is -1.05. The molecular weight excluding hydrogens is 399 g/mol. The third kappa shape index (κ3) is 7.06. The van der Waals surface area contributed by atoms with Crippen LogP contribution in [0.15, 0.2) is 54.6 Å². The number of carbonyl (C=O) groups is 2. The third-order valence-electron chi connectivity index (χ3n) is 4.29. The van der Waals surface area contributed by atoms with Gasteiger partial charge in [-0.15, -0.1) is 23.2 Å². The molecule has 0 radical (unpaired) electrons. The fourth-order valence-electron chi connectivity index (χ4n) is 2.88. The molecule has 0 unspecified atom stereocenters. The van der Waals surface area contributed by atoms with Crippen LogP contribution in [0.3, 0.4) is 0 Å². The fourth-order valence-corrected chi connectivity index (χ4v) is 3.29. The summed E-state index contributed by atoms with van der Waals surface area (Å²) >= 11 is 11.7. The first-order valence-corrected chi connectivity index (χ1v) is 10.1. The van der Waals surface area contributed by atoms with Gasteiger partial charge in [-0.25, -0.2) is 4.79 Å². The highest BCUT2D eigenvalue weighted by molar-refractivity contribution is 6.18. The monoisotopic (exact) mass is 422 g/mol. The van der Waals surface area contributed by atoms with E-state index in [0.29, 0.717) is 24.8 Å². The number of benzene rings is 2. The maximum Gasteiger partial charge on any atom is 0.326 e. The van der Waals surface area contributed by atoms with Gasteiger partial charge >= 0.3 is 5.97 Å². The number of hydrogen-bond donors (Lipinski definition) is 2. The Bertz CT molecular complexity index is 748. The van der Waals surface area contributed by atoms with Crippen molar-refractivity contribution in [2.24, 2.45) is 0 Å².